The Bertz CT molecular complexity index is 703. The second-order valence-electron chi connectivity index (χ2n) is 3.78. The third-order valence-electron chi connectivity index (χ3n) is 2.46. The molecule has 0 fully saturated rings. The Balaban J connectivity index is 2.23. The lowest BCUT2D eigenvalue weighted by Crippen LogP contribution is -2.15. The Morgan fingerprint density at radius 3 is 2.53 bits per heavy atom. The van der Waals surface area contributed by atoms with Crippen LogP contribution in [0, 0.1) is 11.8 Å². The molecule has 1 amide bonds. The van der Waals surface area contributed by atoms with Crippen molar-refractivity contribution < 1.29 is 4.79 Å². The summed E-state index contributed by atoms with van der Waals surface area (Å²) in [6.45, 7) is 1.60. The number of benzene rings is 1. The number of nitrogens with zero attached hydrogens (tertiary/aromatic N) is 1. The number of rotatable bonds is 2. The van der Waals surface area contributed by atoms with E-state index in [1.807, 2.05) is 0 Å². The van der Waals surface area contributed by atoms with Crippen LogP contribution in [0.25, 0.3) is 5.69 Å². The molecule has 4 nitrogen and oxygen atoms in total. The lowest BCUT2D eigenvalue weighted by atomic mass is 10.2. The molecule has 0 bridgehead atoms. The van der Waals surface area contributed by atoms with Gasteiger partial charge in [-0.3, -0.25) is 14.2 Å². The van der Waals surface area contributed by atoms with Crippen LogP contribution in [-0.4, -0.2) is 10.5 Å². The van der Waals surface area contributed by atoms with E-state index in [0.717, 1.165) is 5.69 Å². The van der Waals surface area contributed by atoms with Gasteiger partial charge in [-0.25, -0.2) is 0 Å². The minimum Gasteiger partial charge on any atom is -0.315 e. The summed E-state index contributed by atoms with van der Waals surface area (Å²) in [5.74, 6) is 4.56. The van der Waals surface area contributed by atoms with E-state index in [0.29, 0.717) is 5.69 Å². The minimum absolute atomic E-state index is 0.101. The molecule has 0 radical (unpaired) electrons. The van der Waals surface area contributed by atoms with Gasteiger partial charge in [0.1, 0.15) is 0 Å². The zero-order valence-electron chi connectivity index (χ0n) is 10.4. The van der Waals surface area contributed by atoms with Crippen LogP contribution in [-0.2, 0) is 4.79 Å². The number of hydrogen-bond donors (Lipinski definition) is 1. The van der Waals surface area contributed by atoms with Gasteiger partial charge >= 0.3 is 0 Å². The molecule has 1 heterocycles. The van der Waals surface area contributed by atoms with Crippen molar-refractivity contribution in [2.45, 2.75) is 6.92 Å². The summed E-state index contributed by atoms with van der Waals surface area (Å²) in [5.41, 5.74) is 1.28. The summed E-state index contributed by atoms with van der Waals surface area (Å²) in [6.07, 6.45) is 1.69. The first-order valence-corrected chi connectivity index (χ1v) is 5.72. The number of carbonyl (C=O) groups is 1. The fourth-order valence-corrected chi connectivity index (χ4v) is 1.62. The molecule has 4 heteroatoms. The highest BCUT2D eigenvalue weighted by atomic mass is 16.1. The number of nitrogens with one attached hydrogen (secondary N) is 1. The van der Waals surface area contributed by atoms with Crippen molar-refractivity contribution in [3.8, 4) is 17.5 Å². The van der Waals surface area contributed by atoms with E-state index >= 15 is 0 Å². The predicted octanol–water partition coefficient (Wildman–Crippen LogP) is 1.80. The molecule has 1 aromatic carbocycles. The van der Waals surface area contributed by atoms with Gasteiger partial charge in [0, 0.05) is 23.6 Å². The van der Waals surface area contributed by atoms with Crippen molar-refractivity contribution in [3.63, 3.8) is 0 Å². The maximum Gasteiger partial charge on any atom is 0.300 e. The van der Waals surface area contributed by atoms with Crippen LogP contribution in [0.15, 0.2) is 53.5 Å². The first-order chi connectivity index (χ1) is 9.20. The lowest BCUT2D eigenvalue weighted by Gasteiger charge is -2.06. The first-order valence-electron chi connectivity index (χ1n) is 5.72. The molecule has 94 valence electrons. The average Bonchev–Trinajstić information content (AvgIpc) is 2.41. The fourth-order valence-electron chi connectivity index (χ4n) is 1.62. The normalized spacial score (nSPS) is 9.32. The highest BCUT2D eigenvalue weighted by molar-refractivity contribution is 6.03. The molecule has 0 aliphatic carbocycles. The first kappa shape index (κ1) is 12.7. The van der Waals surface area contributed by atoms with Gasteiger partial charge in [0.15, 0.2) is 0 Å². The zero-order chi connectivity index (χ0) is 13.7. The molecular formula is C15H12N2O2. The van der Waals surface area contributed by atoms with E-state index in [-0.39, 0.29) is 11.5 Å². The van der Waals surface area contributed by atoms with Gasteiger partial charge in [-0.05, 0) is 43.2 Å². The van der Waals surface area contributed by atoms with Crippen molar-refractivity contribution in [2.24, 2.45) is 0 Å². The fraction of sp³-hybridized carbons (Fsp3) is 0.0667. The number of aromatic nitrogens is 1. The molecule has 1 aromatic heterocycles. The minimum atomic E-state index is -0.355. The van der Waals surface area contributed by atoms with Crippen molar-refractivity contribution in [1.82, 2.24) is 4.57 Å². The summed E-state index contributed by atoms with van der Waals surface area (Å²) < 4.78 is 1.53. The van der Waals surface area contributed by atoms with E-state index in [4.69, 9.17) is 0 Å². The molecule has 0 aliphatic rings. The molecule has 0 spiro atoms. The molecule has 19 heavy (non-hydrogen) atoms. The maximum absolute atomic E-state index is 11.6. The van der Waals surface area contributed by atoms with Crippen molar-refractivity contribution in [1.29, 1.82) is 0 Å². The van der Waals surface area contributed by atoms with E-state index in [9.17, 15) is 9.59 Å². The molecular weight excluding hydrogens is 240 g/mol. The summed E-state index contributed by atoms with van der Waals surface area (Å²) in [7, 11) is 0. The standard InChI is InChI=1S/C15H12N2O2/c1-2-5-14(18)16-12-7-9-13(10-8-12)17-11-4-3-6-15(17)19/h3-4,6-11H,1H3,(H,16,18). The maximum atomic E-state index is 11.6. The third-order valence-corrected chi connectivity index (χ3v) is 2.46. The molecule has 0 saturated carbocycles. The highest BCUT2D eigenvalue weighted by Gasteiger charge is 2.00. The van der Waals surface area contributed by atoms with Crippen LogP contribution in [0.5, 0.6) is 0 Å². The molecule has 0 atom stereocenters. The second kappa shape index (κ2) is 5.69. The van der Waals surface area contributed by atoms with Crippen LogP contribution in [0.2, 0.25) is 0 Å². The van der Waals surface area contributed by atoms with Crippen LogP contribution >= 0.6 is 0 Å². The van der Waals surface area contributed by atoms with Gasteiger partial charge in [0.25, 0.3) is 11.5 Å². The smallest absolute Gasteiger partial charge is 0.300 e. The number of hydrogen-bond acceptors (Lipinski definition) is 2. The molecule has 0 unspecified atom stereocenters. The van der Waals surface area contributed by atoms with Gasteiger partial charge < -0.3 is 5.32 Å². The van der Waals surface area contributed by atoms with Crippen LogP contribution in [0.1, 0.15) is 6.92 Å². The van der Waals surface area contributed by atoms with E-state index in [1.54, 1.807) is 49.5 Å². The van der Waals surface area contributed by atoms with Gasteiger partial charge in [-0.1, -0.05) is 12.0 Å². The molecule has 2 aromatic rings. The number of carbonyl (C=O) groups excluding carboxylic acids is 1. The SMILES string of the molecule is CC#CC(=O)Nc1ccc(-n2ccccc2=O)cc1. The van der Waals surface area contributed by atoms with E-state index < -0.39 is 0 Å². The highest BCUT2D eigenvalue weighted by Crippen LogP contribution is 2.11. The Hall–Kier alpha value is -2.80. The predicted molar refractivity (Wildman–Crippen MR) is 74.1 cm³/mol. The van der Waals surface area contributed by atoms with Crippen molar-refractivity contribution in [3.05, 3.63) is 59.0 Å². The number of amides is 1. The summed E-state index contributed by atoms with van der Waals surface area (Å²) >= 11 is 0. The quantitative estimate of drug-likeness (QED) is 0.828. The van der Waals surface area contributed by atoms with Gasteiger partial charge in [0.05, 0.1) is 0 Å². The van der Waals surface area contributed by atoms with E-state index in [2.05, 4.69) is 17.2 Å². The number of anilines is 1. The molecule has 0 aliphatic heterocycles. The Kier molecular flexibility index (Phi) is 3.79. The number of pyridine rings is 1. The summed E-state index contributed by atoms with van der Waals surface area (Å²) in [4.78, 5) is 22.9. The third kappa shape index (κ3) is 3.11. The average molecular weight is 252 g/mol. The summed E-state index contributed by atoms with van der Waals surface area (Å²) in [6, 6.07) is 11.9. The van der Waals surface area contributed by atoms with Crippen LogP contribution < -0.4 is 10.9 Å². The molecule has 1 N–H and O–H groups in total. The van der Waals surface area contributed by atoms with Crippen LogP contribution in [0.4, 0.5) is 5.69 Å². The Labute approximate surface area is 110 Å². The van der Waals surface area contributed by atoms with Gasteiger partial charge in [-0.15, -0.1) is 0 Å². The Morgan fingerprint density at radius 1 is 1.16 bits per heavy atom. The molecule has 0 saturated heterocycles. The summed E-state index contributed by atoms with van der Waals surface area (Å²) in [5, 5.41) is 2.64. The van der Waals surface area contributed by atoms with Crippen molar-refractivity contribution in [2.75, 3.05) is 5.32 Å². The largest absolute Gasteiger partial charge is 0.315 e. The zero-order valence-corrected chi connectivity index (χ0v) is 10.4. The monoisotopic (exact) mass is 252 g/mol. The second-order valence-corrected chi connectivity index (χ2v) is 3.78. The molecule has 2 rings (SSSR count). The van der Waals surface area contributed by atoms with E-state index in [1.165, 1.54) is 10.6 Å². The lowest BCUT2D eigenvalue weighted by molar-refractivity contribution is -0.111. The van der Waals surface area contributed by atoms with Crippen molar-refractivity contribution >= 4 is 11.6 Å². The van der Waals surface area contributed by atoms with Gasteiger partial charge in [-0.2, -0.15) is 0 Å². The topological polar surface area (TPSA) is 51.1 Å². The van der Waals surface area contributed by atoms with Crippen LogP contribution in [0.3, 0.4) is 0 Å². The Morgan fingerprint density at radius 2 is 1.89 bits per heavy atom. The van der Waals surface area contributed by atoms with Gasteiger partial charge in [0.2, 0.25) is 0 Å².